The van der Waals surface area contributed by atoms with Crippen molar-refractivity contribution in [3.8, 4) is 0 Å². The Balaban J connectivity index is 1.67. The van der Waals surface area contributed by atoms with Gasteiger partial charge in [-0.15, -0.1) is 11.3 Å². The van der Waals surface area contributed by atoms with Crippen LogP contribution >= 0.6 is 11.3 Å². The second-order valence-corrected chi connectivity index (χ2v) is 6.37. The van der Waals surface area contributed by atoms with Gasteiger partial charge in [0.25, 0.3) is 5.91 Å². The van der Waals surface area contributed by atoms with Gasteiger partial charge in [0.05, 0.1) is 11.5 Å². The van der Waals surface area contributed by atoms with E-state index in [1.54, 1.807) is 21.2 Å². The first-order valence-corrected chi connectivity index (χ1v) is 7.59. The molecule has 5 nitrogen and oxygen atoms in total. The molecular weight excluding hydrogens is 276 g/mol. The van der Waals surface area contributed by atoms with Crippen molar-refractivity contribution < 1.29 is 14.4 Å². The van der Waals surface area contributed by atoms with E-state index in [0.29, 0.717) is 23.0 Å². The lowest BCUT2D eigenvalue weighted by atomic mass is 10.2. The summed E-state index contributed by atoms with van der Waals surface area (Å²) >= 11 is 1.26. The molecule has 1 aromatic heterocycles. The molecule has 0 unspecified atom stereocenters. The first-order chi connectivity index (χ1) is 9.54. The minimum absolute atomic E-state index is 0.0218. The Morgan fingerprint density at radius 1 is 1.40 bits per heavy atom. The van der Waals surface area contributed by atoms with Crippen molar-refractivity contribution in [2.24, 2.45) is 5.92 Å². The van der Waals surface area contributed by atoms with E-state index in [9.17, 15) is 14.4 Å². The molecule has 0 atom stereocenters. The van der Waals surface area contributed by atoms with Crippen LogP contribution in [0.5, 0.6) is 0 Å². The summed E-state index contributed by atoms with van der Waals surface area (Å²) in [7, 11) is 0. The molecule has 1 saturated carbocycles. The van der Waals surface area contributed by atoms with Crippen molar-refractivity contribution in [2.45, 2.75) is 19.8 Å². The van der Waals surface area contributed by atoms with Gasteiger partial charge in [0.2, 0.25) is 5.91 Å². The van der Waals surface area contributed by atoms with Gasteiger partial charge in [0, 0.05) is 17.5 Å². The number of ketones is 1. The molecule has 0 bridgehead atoms. The molecule has 0 radical (unpaired) electrons. The Hall–Kier alpha value is -1.69. The summed E-state index contributed by atoms with van der Waals surface area (Å²) in [4.78, 5) is 39.3. The van der Waals surface area contributed by atoms with Crippen LogP contribution in [0.2, 0.25) is 0 Å². The van der Waals surface area contributed by atoms with Gasteiger partial charge in [0.15, 0.2) is 5.78 Å². The SMILES string of the molecule is CC(=O)c1csc(C(=O)N2CC(=O)N(CC3CC3)C2)c1. The second kappa shape index (κ2) is 5.01. The highest BCUT2D eigenvalue weighted by molar-refractivity contribution is 7.12. The minimum Gasteiger partial charge on any atom is -0.323 e. The van der Waals surface area contributed by atoms with Crippen molar-refractivity contribution in [1.82, 2.24) is 9.80 Å². The molecule has 2 amide bonds. The van der Waals surface area contributed by atoms with Gasteiger partial charge in [-0.1, -0.05) is 0 Å². The Morgan fingerprint density at radius 3 is 2.75 bits per heavy atom. The predicted octanol–water partition coefficient (Wildman–Crippen LogP) is 1.60. The highest BCUT2D eigenvalue weighted by Crippen LogP contribution is 2.30. The summed E-state index contributed by atoms with van der Waals surface area (Å²) in [5.41, 5.74) is 0.554. The first kappa shape index (κ1) is 13.3. The Labute approximate surface area is 121 Å². The van der Waals surface area contributed by atoms with Crippen molar-refractivity contribution in [3.05, 3.63) is 21.9 Å². The van der Waals surface area contributed by atoms with Crippen LogP contribution < -0.4 is 0 Å². The lowest BCUT2D eigenvalue weighted by Crippen LogP contribution is -2.31. The van der Waals surface area contributed by atoms with Crippen LogP contribution in [0.15, 0.2) is 11.4 Å². The average molecular weight is 292 g/mol. The van der Waals surface area contributed by atoms with E-state index in [-0.39, 0.29) is 24.1 Å². The van der Waals surface area contributed by atoms with Crippen LogP contribution in [0.3, 0.4) is 0 Å². The van der Waals surface area contributed by atoms with Crippen LogP contribution in [-0.2, 0) is 4.79 Å². The molecule has 3 rings (SSSR count). The number of amides is 2. The lowest BCUT2D eigenvalue weighted by Gasteiger charge is -2.17. The summed E-state index contributed by atoms with van der Waals surface area (Å²) in [6, 6.07) is 1.61. The summed E-state index contributed by atoms with van der Waals surface area (Å²) in [5, 5.41) is 1.69. The largest absolute Gasteiger partial charge is 0.323 e. The molecule has 2 fully saturated rings. The fourth-order valence-corrected chi connectivity index (χ4v) is 3.21. The third kappa shape index (κ3) is 2.60. The summed E-state index contributed by atoms with van der Waals surface area (Å²) < 4.78 is 0. The highest BCUT2D eigenvalue weighted by Gasteiger charge is 2.35. The molecule has 0 spiro atoms. The average Bonchev–Trinajstić information content (AvgIpc) is 2.95. The zero-order valence-electron chi connectivity index (χ0n) is 11.3. The van der Waals surface area contributed by atoms with Crippen LogP contribution in [0.1, 0.15) is 39.8 Å². The second-order valence-electron chi connectivity index (χ2n) is 5.46. The molecule has 0 aromatic carbocycles. The van der Waals surface area contributed by atoms with Crippen molar-refractivity contribution in [2.75, 3.05) is 19.8 Å². The van der Waals surface area contributed by atoms with E-state index in [1.807, 2.05) is 0 Å². The predicted molar refractivity (Wildman–Crippen MR) is 74.7 cm³/mol. The zero-order chi connectivity index (χ0) is 14.3. The Morgan fingerprint density at radius 2 is 2.15 bits per heavy atom. The maximum Gasteiger partial charge on any atom is 0.265 e. The van der Waals surface area contributed by atoms with Crippen LogP contribution in [-0.4, -0.2) is 47.2 Å². The van der Waals surface area contributed by atoms with Crippen molar-refractivity contribution >= 4 is 28.9 Å². The normalized spacial score (nSPS) is 18.8. The molecule has 6 heteroatoms. The maximum absolute atomic E-state index is 12.3. The van der Waals surface area contributed by atoms with Gasteiger partial charge < -0.3 is 9.80 Å². The number of hydrogen-bond donors (Lipinski definition) is 0. The number of nitrogens with zero attached hydrogens (tertiary/aromatic N) is 2. The Bertz CT molecular complexity index is 577. The smallest absolute Gasteiger partial charge is 0.265 e. The standard InChI is InChI=1S/C14H16N2O3S/c1-9(17)11-4-12(20-7-11)14(19)16-6-13(18)15(8-16)5-10-2-3-10/h4,7,10H,2-3,5-6,8H2,1H3. The summed E-state index contributed by atoms with van der Waals surface area (Å²) in [6.45, 7) is 2.78. The molecule has 2 heterocycles. The van der Waals surface area contributed by atoms with E-state index in [1.165, 1.54) is 31.1 Å². The lowest BCUT2D eigenvalue weighted by molar-refractivity contribution is -0.126. The van der Waals surface area contributed by atoms with Gasteiger partial charge in [-0.2, -0.15) is 0 Å². The zero-order valence-corrected chi connectivity index (χ0v) is 12.1. The van der Waals surface area contributed by atoms with Crippen molar-refractivity contribution in [1.29, 1.82) is 0 Å². The van der Waals surface area contributed by atoms with Crippen LogP contribution in [0.4, 0.5) is 0 Å². The number of thiophene rings is 1. The minimum atomic E-state index is -0.158. The number of Topliss-reactive ketones (excluding diaryl/α,β-unsaturated/α-hetero) is 1. The molecular formula is C14H16N2O3S. The van der Waals surface area contributed by atoms with Crippen LogP contribution in [0.25, 0.3) is 0 Å². The van der Waals surface area contributed by atoms with Crippen molar-refractivity contribution in [3.63, 3.8) is 0 Å². The number of hydrogen-bond acceptors (Lipinski definition) is 4. The van der Waals surface area contributed by atoms with E-state index in [2.05, 4.69) is 0 Å². The first-order valence-electron chi connectivity index (χ1n) is 6.71. The highest BCUT2D eigenvalue weighted by atomic mass is 32.1. The quantitative estimate of drug-likeness (QED) is 0.792. The van der Waals surface area contributed by atoms with E-state index in [0.717, 1.165) is 6.54 Å². The Kier molecular flexibility index (Phi) is 3.33. The molecule has 2 aliphatic rings. The van der Waals surface area contributed by atoms with Gasteiger partial charge in [-0.25, -0.2) is 0 Å². The number of carbonyl (C=O) groups is 3. The monoisotopic (exact) mass is 292 g/mol. The van der Waals surface area contributed by atoms with Gasteiger partial charge in [-0.05, 0) is 31.7 Å². The molecule has 20 heavy (non-hydrogen) atoms. The summed E-state index contributed by atoms with van der Waals surface area (Å²) in [5.74, 6) is 0.441. The molecule has 1 saturated heterocycles. The van der Waals surface area contributed by atoms with E-state index < -0.39 is 0 Å². The topological polar surface area (TPSA) is 57.7 Å². The van der Waals surface area contributed by atoms with Gasteiger partial charge >= 0.3 is 0 Å². The molecule has 1 aliphatic carbocycles. The van der Waals surface area contributed by atoms with Gasteiger partial charge in [0.1, 0.15) is 6.54 Å². The maximum atomic E-state index is 12.3. The number of carbonyl (C=O) groups excluding carboxylic acids is 3. The van der Waals surface area contributed by atoms with E-state index >= 15 is 0 Å². The molecule has 1 aliphatic heterocycles. The van der Waals surface area contributed by atoms with Gasteiger partial charge in [-0.3, -0.25) is 14.4 Å². The summed E-state index contributed by atoms with van der Waals surface area (Å²) in [6.07, 6.45) is 2.37. The molecule has 0 N–H and O–H groups in total. The number of rotatable bonds is 4. The van der Waals surface area contributed by atoms with Crippen LogP contribution in [0, 0.1) is 5.92 Å². The third-order valence-electron chi connectivity index (χ3n) is 3.70. The molecule has 106 valence electrons. The fourth-order valence-electron chi connectivity index (χ4n) is 2.29. The third-order valence-corrected chi connectivity index (χ3v) is 4.62. The molecule has 1 aromatic rings. The van der Waals surface area contributed by atoms with E-state index in [4.69, 9.17) is 0 Å². The fraction of sp³-hybridized carbons (Fsp3) is 0.500.